The monoisotopic (exact) mass is 343 g/mol. The lowest BCUT2D eigenvalue weighted by Crippen LogP contribution is -2.43. The van der Waals surface area contributed by atoms with Crippen LogP contribution in [0.4, 0.5) is 4.79 Å². The lowest BCUT2D eigenvalue weighted by Gasteiger charge is -2.26. The van der Waals surface area contributed by atoms with Crippen LogP contribution in [0.25, 0.3) is 0 Å². The molecule has 0 bridgehead atoms. The first-order chi connectivity index (χ1) is 10.7. The van der Waals surface area contributed by atoms with Crippen molar-refractivity contribution in [1.29, 1.82) is 0 Å². The molecule has 9 heteroatoms. The van der Waals surface area contributed by atoms with E-state index in [4.69, 9.17) is 21.1 Å². The number of aliphatic carboxylic acids is 1. The summed E-state index contributed by atoms with van der Waals surface area (Å²) in [6.45, 7) is 5.24. The minimum atomic E-state index is -1.11. The molecule has 0 aliphatic carbocycles. The number of halogens is 1. The van der Waals surface area contributed by atoms with Gasteiger partial charge in [0.05, 0.1) is 6.54 Å². The lowest BCUT2D eigenvalue weighted by molar-refractivity contribution is -0.142. The molecule has 1 amide bonds. The fourth-order valence-corrected chi connectivity index (χ4v) is 2.33. The summed E-state index contributed by atoms with van der Waals surface area (Å²) in [7, 11) is 0. The van der Waals surface area contributed by atoms with Crippen LogP contribution >= 0.6 is 11.6 Å². The second kappa shape index (κ2) is 6.57. The molecule has 1 aliphatic rings. The number of ether oxygens (including phenoxy) is 2. The second-order valence-electron chi connectivity index (χ2n) is 6.13. The van der Waals surface area contributed by atoms with Gasteiger partial charge in [-0.25, -0.2) is 14.6 Å². The molecule has 2 heterocycles. The molecule has 2 unspecified atom stereocenters. The molecule has 0 saturated carbocycles. The molecule has 1 aromatic heterocycles. The van der Waals surface area contributed by atoms with Crippen molar-refractivity contribution in [2.45, 2.75) is 44.9 Å². The highest BCUT2D eigenvalue weighted by Crippen LogP contribution is 2.24. The fraction of sp³-hybridized carbons (Fsp3) is 0.571. The Labute approximate surface area is 138 Å². The molecule has 0 radical (unpaired) electrons. The number of carboxylic acids is 1. The van der Waals surface area contributed by atoms with E-state index in [1.54, 1.807) is 20.8 Å². The van der Waals surface area contributed by atoms with Gasteiger partial charge >= 0.3 is 12.1 Å². The number of amides is 1. The van der Waals surface area contributed by atoms with E-state index in [2.05, 4.69) is 9.97 Å². The van der Waals surface area contributed by atoms with Crippen molar-refractivity contribution in [3.8, 4) is 5.88 Å². The molecule has 1 fully saturated rings. The van der Waals surface area contributed by atoms with E-state index >= 15 is 0 Å². The third-order valence-corrected chi connectivity index (χ3v) is 3.25. The Morgan fingerprint density at radius 2 is 2.13 bits per heavy atom. The Bertz CT molecular complexity index is 604. The van der Waals surface area contributed by atoms with Crippen LogP contribution in [-0.4, -0.2) is 56.3 Å². The number of nitrogens with zero attached hydrogens (tertiary/aromatic N) is 3. The summed E-state index contributed by atoms with van der Waals surface area (Å²) >= 11 is 5.68. The van der Waals surface area contributed by atoms with E-state index in [1.165, 1.54) is 12.3 Å². The van der Waals surface area contributed by atoms with Gasteiger partial charge in [0.2, 0.25) is 11.2 Å². The second-order valence-corrected chi connectivity index (χ2v) is 6.46. The summed E-state index contributed by atoms with van der Waals surface area (Å²) in [6.07, 6.45) is 0.363. The first kappa shape index (κ1) is 17.3. The van der Waals surface area contributed by atoms with Crippen molar-refractivity contribution < 1.29 is 24.2 Å². The van der Waals surface area contributed by atoms with Gasteiger partial charge in [-0.2, -0.15) is 4.98 Å². The van der Waals surface area contributed by atoms with Gasteiger partial charge in [-0.15, -0.1) is 0 Å². The molecule has 23 heavy (non-hydrogen) atoms. The number of carbonyl (C=O) groups is 2. The summed E-state index contributed by atoms with van der Waals surface area (Å²) in [6, 6.07) is 0.504. The maximum Gasteiger partial charge on any atom is 0.411 e. The third kappa shape index (κ3) is 4.69. The van der Waals surface area contributed by atoms with Crippen LogP contribution in [-0.2, 0) is 9.53 Å². The van der Waals surface area contributed by atoms with Gasteiger partial charge < -0.3 is 14.6 Å². The van der Waals surface area contributed by atoms with E-state index in [1.807, 2.05) is 0 Å². The highest BCUT2D eigenvalue weighted by molar-refractivity contribution is 6.28. The number of aromatic nitrogens is 2. The number of carboxylic acid groups (broad SMARTS) is 1. The molecule has 126 valence electrons. The van der Waals surface area contributed by atoms with E-state index in [9.17, 15) is 14.7 Å². The quantitative estimate of drug-likeness (QED) is 0.837. The van der Waals surface area contributed by atoms with Crippen molar-refractivity contribution >= 4 is 23.7 Å². The Morgan fingerprint density at radius 1 is 1.43 bits per heavy atom. The molecule has 2 rings (SSSR count). The van der Waals surface area contributed by atoms with Crippen LogP contribution in [0, 0.1) is 0 Å². The average molecular weight is 344 g/mol. The van der Waals surface area contributed by atoms with Crippen LogP contribution in [0.3, 0.4) is 0 Å². The largest absolute Gasteiger partial charge is 0.480 e. The Morgan fingerprint density at radius 3 is 2.70 bits per heavy atom. The molecule has 2 atom stereocenters. The minimum absolute atomic E-state index is 0.0271. The van der Waals surface area contributed by atoms with Crippen LogP contribution in [0.15, 0.2) is 12.3 Å². The zero-order chi connectivity index (χ0) is 17.2. The topological polar surface area (TPSA) is 102 Å². The molecule has 1 aromatic rings. The smallest absolute Gasteiger partial charge is 0.411 e. The molecule has 0 spiro atoms. The van der Waals surface area contributed by atoms with Crippen LogP contribution < -0.4 is 4.74 Å². The summed E-state index contributed by atoms with van der Waals surface area (Å²) in [5.74, 6) is -0.882. The van der Waals surface area contributed by atoms with Crippen LogP contribution in [0.1, 0.15) is 27.2 Å². The van der Waals surface area contributed by atoms with E-state index in [0.717, 1.165) is 4.90 Å². The van der Waals surface area contributed by atoms with Crippen LogP contribution in [0.5, 0.6) is 5.88 Å². The molecule has 1 aliphatic heterocycles. The maximum absolute atomic E-state index is 12.2. The minimum Gasteiger partial charge on any atom is -0.480 e. The SMILES string of the molecule is CC(C)(C)OC(=O)N1CC(Oc2ccnc(Cl)n2)CC1C(=O)O. The number of hydrogen-bond donors (Lipinski definition) is 1. The first-order valence-electron chi connectivity index (χ1n) is 7.03. The number of rotatable bonds is 3. The van der Waals surface area contributed by atoms with Crippen molar-refractivity contribution in [3.05, 3.63) is 17.5 Å². The predicted molar refractivity (Wildman–Crippen MR) is 80.4 cm³/mol. The van der Waals surface area contributed by atoms with E-state index in [0.29, 0.717) is 0 Å². The maximum atomic E-state index is 12.2. The standard InChI is InChI=1S/C14H18ClN3O5/c1-14(2,3)23-13(21)18-7-8(6-9(18)11(19)20)22-10-4-5-16-12(15)17-10/h4-5,8-9H,6-7H2,1-3H3,(H,19,20). The summed E-state index contributed by atoms with van der Waals surface area (Å²) in [5, 5.41) is 9.33. The highest BCUT2D eigenvalue weighted by Gasteiger charge is 2.42. The highest BCUT2D eigenvalue weighted by atomic mass is 35.5. The Hall–Kier alpha value is -2.09. The van der Waals surface area contributed by atoms with Crippen molar-refractivity contribution in [1.82, 2.24) is 14.9 Å². The number of hydrogen-bond acceptors (Lipinski definition) is 6. The average Bonchev–Trinajstić information content (AvgIpc) is 2.81. The van der Waals surface area contributed by atoms with Gasteiger partial charge in [0.25, 0.3) is 0 Å². The van der Waals surface area contributed by atoms with Gasteiger partial charge in [-0.3, -0.25) is 4.90 Å². The normalized spacial score (nSPS) is 21.1. The zero-order valence-electron chi connectivity index (χ0n) is 13.0. The summed E-state index contributed by atoms with van der Waals surface area (Å²) in [5.41, 5.74) is -0.709. The van der Waals surface area contributed by atoms with Crippen molar-refractivity contribution in [3.63, 3.8) is 0 Å². The van der Waals surface area contributed by atoms with E-state index < -0.39 is 29.8 Å². The van der Waals surface area contributed by atoms with Gasteiger partial charge in [0, 0.05) is 18.7 Å². The predicted octanol–water partition coefficient (Wildman–Crippen LogP) is 1.97. The fourth-order valence-electron chi connectivity index (χ4n) is 2.20. The molecule has 8 nitrogen and oxygen atoms in total. The molecular weight excluding hydrogens is 326 g/mol. The Kier molecular flexibility index (Phi) is 4.93. The number of likely N-dealkylation sites (tertiary alicyclic amines) is 1. The van der Waals surface area contributed by atoms with Gasteiger partial charge in [0.15, 0.2) is 0 Å². The van der Waals surface area contributed by atoms with Gasteiger partial charge in [-0.05, 0) is 32.4 Å². The zero-order valence-corrected chi connectivity index (χ0v) is 13.8. The lowest BCUT2D eigenvalue weighted by atomic mass is 10.2. The Balaban J connectivity index is 2.08. The van der Waals surface area contributed by atoms with Crippen LogP contribution in [0.2, 0.25) is 5.28 Å². The summed E-state index contributed by atoms with van der Waals surface area (Å²) < 4.78 is 10.8. The molecule has 0 aromatic carbocycles. The van der Waals surface area contributed by atoms with Crippen molar-refractivity contribution in [2.24, 2.45) is 0 Å². The first-order valence-corrected chi connectivity index (χ1v) is 7.41. The summed E-state index contributed by atoms with van der Waals surface area (Å²) in [4.78, 5) is 32.3. The van der Waals surface area contributed by atoms with Gasteiger partial charge in [0.1, 0.15) is 17.7 Å². The molecule has 1 N–H and O–H groups in total. The van der Waals surface area contributed by atoms with Crippen molar-refractivity contribution in [2.75, 3.05) is 6.54 Å². The molecular formula is C14H18ClN3O5. The molecule has 1 saturated heterocycles. The third-order valence-electron chi connectivity index (χ3n) is 3.06. The van der Waals surface area contributed by atoms with E-state index in [-0.39, 0.29) is 24.1 Å². The van der Waals surface area contributed by atoms with Gasteiger partial charge in [-0.1, -0.05) is 0 Å². The number of carbonyl (C=O) groups excluding carboxylic acids is 1.